The quantitative estimate of drug-likeness (QED) is 0.904. The van der Waals surface area contributed by atoms with Crippen molar-refractivity contribution in [2.24, 2.45) is 11.7 Å². The molecule has 3 heteroatoms. The van der Waals surface area contributed by atoms with Gasteiger partial charge in [0.2, 0.25) is 0 Å². The van der Waals surface area contributed by atoms with Gasteiger partial charge in [0.05, 0.1) is 12.3 Å². The minimum absolute atomic E-state index is 0.0605. The van der Waals surface area contributed by atoms with Gasteiger partial charge in [-0.25, -0.2) is 0 Å². The minimum Gasteiger partial charge on any atom is -0.491 e. The van der Waals surface area contributed by atoms with Crippen LogP contribution in [0.2, 0.25) is 0 Å². The fourth-order valence-corrected chi connectivity index (χ4v) is 3.14. The first-order valence-electron chi connectivity index (χ1n) is 7.42. The van der Waals surface area contributed by atoms with E-state index in [4.69, 9.17) is 10.5 Å². The summed E-state index contributed by atoms with van der Waals surface area (Å²) >= 11 is 0. The molecular weight excluding hydrogens is 236 g/mol. The lowest BCUT2D eigenvalue weighted by Gasteiger charge is -2.42. The molecule has 3 nitrogen and oxygen atoms in total. The van der Waals surface area contributed by atoms with Crippen LogP contribution in [0.25, 0.3) is 0 Å². The normalized spacial score (nSPS) is 22.1. The zero-order chi connectivity index (χ0) is 13.3. The summed E-state index contributed by atoms with van der Waals surface area (Å²) in [5.41, 5.74) is 7.42. The van der Waals surface area contributed by atoms with E-state index in [1.54, 1.807) is 0 Å². The van der Waals surface area contributed by atoms with Crippen LogP contribution in [0.3, 0.4) is 0 Å². The van der Waals surface area contributed by atoms with E-state index in [1.165, 1.54) is 24.9 Å². The predicted molar refractivity (Wildman–Crippen MR) is 78.7 cm³/mol. The average Bonchev–Trinajstić information content (AvgIpc) is 3.24. The lowest BCUT2D eigenvalue weighted by Crippen LogP contribution is -2.52. The van der Waals surface area contributed by atoms with Crippen molar-refractivity contribution in [3.8, 4) is 5.75 Å². The van der Waals surface area contributed by atoms with Gasteiger partial charge in [0.1, 0.15) is 5.75 Å². The summed E-state index contributed by atoms with van der Waals surface area (Å²) < 4.78 is 5.86. The van der Waals surface area contributed by atoms with E-state index in [9.17, 15) is 0 Å². The Labute approximate surface area is 115 Å². The second kappa shape index (κ2) is 5.04. The van der Waals surface area contributed by atoms with Gasteiger partial charge in [0, 0.05) is 18.6 Å². The molecule has 3 rings (SSSR count). The summed E-state index contributed by atoms with van der Waals surface area (Å²) in [4.78, 5) is 2.49. The Morgan fingerprint density at radius 3 is 2.89 bits per heavy atom. The maximum atomic E-state index is 6.14. The summed E-state index contributed by atoms with van der Waals surface area (Å²) in [6, 6.07) is 8.38. The van der Waals surface area contributed by atoms with Crippen LogP contribution < -0.4 is 15.4 Å². The van der Waals surface area contributed by atoms with Crippen molar-refractivity contribution in [3.63, 3.8) is 0 Å². The molecule has 1 aliphatic carbocycles. The number of nitrogens with zero attached hydrogens (tertiary/aromatic N) is 1. The molecule has 0 saturated heterocycles. The molecule has 1 heterocycles. The summed E-state index contributed by atoms with van der Waals surface area (Å²) in [5, 5.41) is 0. The molecule has 1 aliphatic heterocycles. The van der Waals surface area contributed by atoms with E-state index >= 15 is 0 Å². The second-order valence-electron chi connectivity index (χ2n) is 6.17. The van der Waals surface area contributed by atoms with Crippen LogP contribution in [-0.2, 0) is 0 Å². The van der Waals surface area contributed by atoms with Gasteiger partial charge in [-0.2, -0.15) is 0 Å². The fourth-order valence-electron chi connectivity index (χ4n) is 3.14. The predicted octanol–water partition coefficient (Wildman–Crippen LogP) is 2.79. The highest BCUT2D eigenvalue weighted by Crippen LogP contribution is 2.42. The molecule has 0 aromatic heterocycles. The number of hydrogen-bond acceptors (Lipinski definition) is 3. The maximum absolute atomic E-state index is 6.14. The van der Waals surface area contributed by atoms with Crippen molar-refractivity contribution in [2.45, 2.75) is 38.1 Å². The number of benzene rings is 1. The van der Waals surface area contributed by atoms with Crippen LogP contribution in [0.1, 0.15) is 32.6 Å². The fraction of sp³-hybridized carbons (Fsp3) is 0.625. The van der Waals surface area contributed by atoms with E-state index < -0.39 is 0 Å². The summed E-state index contributed by atoms with van der Waals surface area (Å²) in [6.45, 7) is 4.86. The molecule has 19 heavy (non-hydrogen) atoms. The Bertz CT molecular complexity index is 444. The van der Waals surface area contributed by atoms with E-state index in [0.29, 0.717) is 6.54 Å². The van der Waals surface area contributed by atoms with E-state index in [0.717, 1.165) is 31.2 Å². The van der Waals surface area contributed by atoms with Crippen molar-refractivity contribution in [2.75, 3.05) is 24.6 Å². The molecule has 0 spiro atoms. The van der Waals surface area contributed by atoms with Crippen molar-refractivity contribution in [1.82, 2.24) is 0 Å². The molecule has 1 aromatic carbocycles. The van der Waals surface area contributed by atoms with Crippen molar-refractivity contribution in [3.05, 3.63) is 24.3 Å². The van der Waals surface area contributed by atoms with Gasteiger partial charge in [-0.15, -0.1) is 0 Å². The monoisotopic (exact) mass is 260 g/mol. The molecule has 2 N–H and O–H groups in total. The second-order valence-corrected chi connectivity index (χ2v) is 6.17. The third-order valence-electron chi connectivity index (χ3n) is 4.46. The van der Waals surface area contributed by atoms with Gasteiger partial charge in [-0.3, -0.25) is 0 Å². The van der Waals surface area contributed by atoms with Gasteiger partial charge in [-0.1, -0.05) is 25.0 Å². The SMILES string of the molecule is CC(CN)(CC1CC1)N1CCCOc2ccccc21. The highest BCUT2D eigenvalue weighted by Gasteiger charge is 2.38. The molecule has 0 radical (unpaired) electrons. The van der Waals surface area contributed by atoms with Crippen LogP contribution in [0.15, 0.2) is 24.3 Å². The smallest absolute Gasteiger partial charge is 0.142 e. The molecule has 104 valence electrons. The molecule has 1 fully saturated rings. The Balaban J connectivity index is 1.93. The average molecular weight is 260 g/mol. The summed E-state index contributed by atoms with van der Waals surface area (Å²) in [5.74, 6) is 1.89. The van der Waals surface area contributed by atoms with Gasteiger partial charge in [0.25, 0.3) is 0 Å². The number of fused-ring (bicyclic) bond motifs is 1. The molecule has 0 bridgehead atoms. The minimum atomic E-state index is 0.0605. The molecule has 1 unspecified atom stereocenters. The number of anilines is 1. The third-order valence-corrected chi connectivity index (χ3v) is 4.46. The summed E-state index contributed by atoms with van der Waals surface area (Å²) in [6.07, 6.45) is 5.02. The van der Waals surface area contributed by atoms with Crippen molar-refractivity contribution < 1.29 is 4.74 Å². The number of nitrogens with two attached hydrogens (primary N) is 1. The zero-order valence-corrected chi connectivity index (χ0v) is 11.8. The lowest BCUT2D eigenvalue weighted by molar-refractivity contribution is 0.319. The van der Waals surface area contributed by atoms with Crippen LogP contribution in [0.5, 0.6) is 5.75 Å². The Kier molecular flexibility index (Phi) is 3.40. The number of hydrogen-bond donors (Lipinski definition) is 1. The summed E-state index contributed by atoms with van der Waals surface area (Å²) in [7, 11) is 0. The number of para-hydroxylation sites is 2. The van der Waals surface area contributed by atoms with Crippen LogP contribution in [0.4, 0.5) is 5.69 Å². The van der Waals surface area contributed by atoms with Crippen LogP contribution >= 0.6 is 0 Å². The van der Waals surface area contributed by atoms with Crippen LogP contribution in [0, 0.1) is 5.92 Å². The maximum Gasteiger partial charge on any atom is 0.142 e. The van der Waals surface area contributed by atoms with Gasteiger partial charge in [-0.05, 0) is 37.8 Å². The highest BCUT2D eigenvalue weighted by molar-refractivity contribution is 5.60. The molecule has 1 atom stereocenters. The topological polar surface area (TPSA) is 38.5 Å². The number of ether oxygens (including phenoxy) is 1. The number of rotatable bonds is 4. The third kappa shape index (κ3) is 2.57. The molecule has 1 aromatic rings. The van der Waals surface area contributed by atoms with Crippen molar-refractivity contribution >= 4 is 5.69 Å². The Hall–Kier alpha value is -1.22. The van der Waals surface area contributed by atoms with E-state index in [-0.39, 0.29) is 5.54 Å². The van der Waals surface area contributed by atoms with Gasteiger partial charge in [0.15, 0.2) is 0 Å². The largest absolute Gasteiger partial charge is 0.491 e. The zero-order valence-electron chi connectivity index (χ0n) is 11.8. The first kappa shape index (κ1) is 12.8. The van der Waals surface area contributed by atoms with Gasteiger partial charge < -0.3 is 15.4 Å². The molecule has 2 aliphatic rings. The van der Waals surface area contributed by atoms with E-state index in [2.05, 4.69) is 30.0 Å². The Morgan fingerprint density at radius 1 is 1.37 bits per heavy atom. The molecule has 0 amide bonds. The first-order valence-corrected chi connectivity index (χ1v) is 7.42. The van der Waals surface area contributed by atoms with Crippen molar-refractivity contribution in [1.29, 1.82) is 0 Å². The Morgan fingerprint density at radius 2 is 2.16 bits per heavy atom. The lowest BCUT2D eigenvalue weighted by atomic mass is 9.91. The van der Waals surface area contributed by atoms with E-state index in [1.807, 2.05) is 6.07 Å². The molecular formula is C16H24N2O. The van der Waals surface area contributed by atoms with Gasteiger partial charge >= 0.3 is 0 Å². The highest BCUT2D eigenvalue weighted by atomic mass is 16.5. The standard InChI is InChI=1S/C16H24N2O/c1-16(12-17,11-13-7-8-13)18-9-4-10-19-15-6-3-2-5-14(15)18/h2-3,5-6,13H,4,7-12,17H2,1H3. The van der Waals surface area contributed by atoms with Crippen LogP contribution in [-0.4, -0.2) is 25.2 Å². The first-order chi connectivity index (χ1) is 9.23. The molecule has 1 saturated carbocycles.